The highest BCUT2D eigenvalue weighted by molar-refractivity contribution is 7.99. The molecule has 0 radical (unpaired) electrons. The van der Waals surface area contributed by atoms with Crippen molar-refractivity contribution in [2.45, 2.75) is 23.7 Å². The number of aromatic nitrogens is 4. The smallest absolute Gasteiger partial charge is 0.197 e. The minimum atomic E-state index is 0.215. The summed E-state index contributed by atoms with van der Waals surface area (Å²) in [4.78, 5) is 5.30. The summed E-state index contributed by atoms with van der Waals surface area (Å²) in [7, 11) is 0. The number of pyridine rings is 1. The van der Waals surface area contributed by atoms with Gasteiger partial charge in [0.2, 0.25) is 0 Å². The molecule has 0 N–H and O–H groups in total. The van der Waals surface area contributed by atoms with Crippen LogP contribution >= 0.6 is 34.7 Å². The van der Waals surface area contributed by atoms with Crippen molar-refractivity contribution < 1.29 is 0 Å². The lowest BCUT2D eigenvalue weighted by Crippen LogP contribution is -1.99. The molecule has 0 saturated heterocycles. The van der Waals surface area contributed by atoms with E-state index in [0.717, 1.165) is 22.4 Å². The molecule has 0 aliphatic heterocycles. The summed E-state index contributed by atoms with van der Waals surface area (Å²) in [6.45, 7) is 2.79. The third-order valence-electron chi connectivity index (χ3n) is 2.90. The fourth-order valence-electron chi connectivity index (χ4n) is 1.89. The van der Waals surface area contributed by atoms with E-state index in [1.807, 2.05) is 35.1 Å². The van der Waals surface area contributed by atoms with Gasteiger partial charge in [0.1, 0.15) is 11.1 Å². The average molecular weight is 348 g/mol. The quantitative estimate of drug-likeness (QED) is 0.710. The van der Waals surface area contributed by atoms with Crippen molar-refractivity contribution in [1.29, 1.82) is 5.26 Å². The Balaban J connectivity index is 1.95. The fourth-order valence-corrected chi connectivity index (χ4v) is 3.62. The first-order valence-corrected chi connectivity index (χ1v) is 8.52. The predicted molar refractivity (Wildman–Crippen MR) is 87.1 cm³/mol. The molecule has 0 spiro atoms. The molecule has 22 heavy (non-hydrogen) atoms. The monoisotopic (exact) mass is 347 g/mol. The molecule has 0 fully saturated rings. The first-order valence-electron chi connectivity index (χ1n) is 6.44. The largest absolute Gasteiger partial charge is 0.301 e. The maximum absolute atomic E-state index is 9.00. The summed E-state index contributed by atoms with van der Waals surface area (Å²) in [5.41, 5.74) is 0.215. The van der Waals surface area contributed by atoms with E-state index in [0.29, 0.717) is 10.0 Å². The molecule has 0 aromatic carbocycles. The van der Waals surface area contributed by atoms with Crippen molar-refractivity contribution in [2.24, 2.45) is 0 Å². The van der Waals surface area contributed by atoms with Gasteiger partial charge < -0.3 is 4.57 Å². The molecular weight excluding hydrogens is 338 g/mol. The molecule has 3 rings (SSSR count). The van der Waals surface area contributed by atoms with Gasteiger partial charge in [-0.05, 0) is 42.3 Å². The molecular formula is C14H10ClN5S2. The molecule has 0 aliphatic rings. The first-order chi connectivity index (χ1) is 10.7. The van der Waals surface area contributed by atoms with Crippen LogP contribution in [0.3, 0.4) is 0 Å². The van der Waals surface area contributed by atoms with Crippen LogP contribution in [0, 0.1) is 11.3 Å². The van der Waals surface area contributed by atoms with E-state index < -0.39 is 0 Å². The molecule has 8 heteroatoms. The molecule has 110 valence electrons. The van der Waals surface area contributed by atoms with Gasteiger partial charge in [-0.1, -0.05) is 17.7 Å². The third kappa shape index (κ3) is 2.86. The van der Waals surface area contributed by atoms with Gasteiger partial charge in [-0.15, -0.1) is 21.5 Å². The Morgan fingerprint density at radius 1 is 1.36 bits per heavy atom. The van der Waals surface area contributed by atoms with E-state index in [1.54, 1.807) is 23.5 Å². The van der Waals surface area contributed by atoms with E-state index in [2.05, 4.69) is 15.2 Å². The lowest BCUT2D eigenvalue weighted by atomic mass is 10.4. The summed E-state index contributed by atoms with van der Waals surface area (Å²) >= 11 is 8.90. The normalized spacial score (nSPS) is 10.6. The first kappa shape index (κ1) is 15.0. The molecule has 0 atom stereocenters. The molecule has 0 amide bonds. The second kappa shape index (κ2) is 6.48. The van der Waals surface area contributed by atoms with Gasteiger partial charge in [0.25, 0.3) is 0 Å². The van der Waals surface area contributed by atoms with Crippen molar-refractivity contribution in [3.63, 3.8) is 0 Å². The lowest BCUT2D eigenvalue weighted by molar-refractivity contribution is 0.687. The van der Waals surface area contributed by atoms with Crippen molar-refractivity contribution in [2.75, 3.05) is 0 Å². The van der Waals surface area contributed by atoms with Crippen molar-refractivity contribution in [1.82, 2.24) is 19.7 Å². The summed E-state index contributed by atoms with van der Waals surface area (Å²) in [5, 5.41) is 21.3. The molecule has 0 aliphatic carbocycles. The number of nitrogens with zero attached hydrogens (tertiary/aromatic N) is 5. The maximum Gasteiger partial charge on any atom is 0.197 e. The van der Waals surface area contributed by atoms with Crippen LogP contribution in [0.5, 0.6) is 0 Å². The van der Waals surface area contributed by atoms with Crippen LogP contribution in [0.25, 0.3) is 10.7 Å². The topological polar surface area (TPSA) is 67.4 Å². The Morgan fingerprint density at radius 2 is 2.23 bits per heavy atom. The molecule has 3 aromatic rings. The van der Waals surface area contributed by atoms with E-state index in [9.17, 15) is 0 Å². The average Bonchev–Trinajstić information content (AvgIpc) is 3.18. The highest BCUT2D eigenvalue weighted by atomic mass is 35.5. The summed E-state index contributed by atoms with van der Waals surface area (Å²) in [5.74, 6) is 0.842. The van der Waals surface area contributed by atoms with Gasteiger partial charge in [0.15, 0.2) is 16.7 Å². The molecule has 3 aromatic heterocycles. The van der Waals surface area contributed by atoms with Gasteiger partial charge in [0.05, 0.1) is 9.90 Å². The van der Waals surface area contributed by atoms with Crippen LogP contribution in [0.1, 0.15) is 12.6 Å². The van der Waals surface area contributed by atoms with Crippen LogP contribution in [-0.4, -0.2) is 19.7 Å². The van der Waals surface area contributed by atoms with Gasteiger partial charge in [0, 0.05) is 6.54 Å². The zero-order valence-corrected chi connectivity index (χ0v) is 13.9. The van der Waals surface area contributed by atoms with E-state index in [1.165, 1.54) is 11.8 Å². The number of rotatable bonds is 4. The zero-order valence-electron chi connectivity index (χ0n) is 11.5. The number of hydrogen-bond acceptors (Lipinski definition) is 6. The summed E-state index contributed by atoms with van der Waals surface area (Å²) < 4.78 is 2.03. The Bertz CT molecular complexity index is 836. The third-order valence-corrected chi connectivity index (χ3v) is 4.99. The highest BCUT2D eigenvalue weighted by Gasteiger charge is 2.15. The van der Waals surface area contributed by atoms with Crippen LogP contribution in [0.4, 0.5) is 0 Å². The number of halogens is 1. The predicted octanol–water partition coefficient (Wildman–Crippen LogP) is 4.10. The van der Waals surface area contributed by atoms with E-state index in [4.69, 9.17) is 16.9 Å². The van der Waals surface area contributed by atoms with Crippen LogP contribution in [-0.2, 0) is 6.54 Å². The number of nitriles is 1. The SMILES string of the molecule is CCn1c(Sc2ccc(Cl)c(C#N)n2)nnc1-c1cccs1. The lowest BCUT2D eigenvalue weighted by Gasteiger charge is -2.06. The van der Waals surface area contributed by atoms with Crippen molar-refractivity contribution in [3.8, 4) is 16.8 Å². The zero-order chi connectivity index (χ0) is 15.5. The molecule has 0 saturated carbocycles. The van der Waals surface area contributed by atoms with E-state index >= 15 is 0 Å². The maximum atomic E-state index is 9.00. The molecule has 0 unspecified atom stereocenters. The van der Waals surface area contributed by atoms with Gasteiger partial charge in [-0.25, -0.2) is 4.98 Å². The van der Waals surface area contributed by atoms with E-state index in [-0.39, 0.29) is 5.69 Å². The van der Waals surface area contributed by atoms with Crippen molar-refractivity contribution in [3.05, 3.63) is 40.4 Å². The summed E-state index contributed by atoms with van der Waals surface area (Å²) in [6.07, 6.45) is 0. The highest BCUT2D eigenvalue weighted by Crippen LogP contribution is 2.31. The molecule has 3 heterocycles. The standard InChI is InChI=1S/C14H10ClN5S2/c1-2-20-13(11-4-3-7-21-11)18-19-14(20)22-12-6-5-9(15)10(8-16)17-12/h3-7H,2H2,1H3. The van der Waals surface area contributed by atoms with Gasteiger partial charge in [-0.2, -0.15) is 5.26 Å². The Labute approximate surface area is 140 Å². The second-order valence-corrected chi connectivity index (χ2v) is 6.56. The van der Waals surface area contributed by atoms with Gasteiger partial charge >= 0.3 is 0 Å². The molecule has 0 bridgehead atoms. The summed E-state index contributed by atoms with van der Waals surface area (Å²) in [6, 6.07) is 9.43. The Morgan fingerprint density at radius 3 is 2.91 bits per heavy atom. The van der Waals surface area contributed by atoms with Crippen LogP contribution < -0.4 is 0 Å². The van der Waals surface area contributed by atoms with Crippen molar-refractivity contribution >= 4 is 34.7 Å². The molecule has 5 nitrogen and oxygen atoms in total. The number of hydrogen-bond donors (Lipinski definition) is 0. The fraction of sp³-hybridized carbons (Fsp3) is 0.143. The van der Waals surface area contributed by atoms with Crippen LogP contribution in [0.2, 0.25) is 5.02 Å². The minimum absolute atomic E-state index is 0.215. The van der Waals surface area contributed by atoms with Gasteiger partial charge in [-0.3, -0.25) is 0 Å². The number of thiophene rings is 1. The Kier molecular flexibility index (Phi) is 4.43. The Hall–Kier alpha value is -1.88. The minimum Gasteiger partial charge on any atom is -0.301 e. The van der Waals surface area contributed by atoms with Crippen LogP contribution in [0.15, 0.2) is 39.8 Å². The second-order valence-electron chi connectivity index (χ2n) is 4.22.